The summed E-state index contributed by atoms with van der Waals surface area (Å²) < 4.78 is 7.20. The smallest absolute Gasteiger partial charge is 0.245 e. The second kappa shape index (κ2) is 6.47. The van der Waals surface area contributed by atoms with Crippen molar-refractivity contribution in [1.29, 1.82) is 0 Å². The fourth-order valence-electron chi connectivity index (χ4n) is 2.26. The molecule has 19 heavy (non-hydrogen) atoms. The second-order valence-electron chi connectivity index (χ2n) is 4.52. The molecule has 0 aliphatic rings. The van der Waals surface area contributed by atoms with Gasteiger partial charge in [0, 0.05) is 12.6 Å². The number of methoxy groups -OCH3 is 1. The van der Waals surface area contributed by atoms with Gasteiger partial charge in [0.15, 0.2) is 11.2 Å². The van der Waals surface area contributed by atoms with Crippen molar-refractivity contribution in [3.05, 3.63) is 12.7 Å². The van der Waals surface area contributed by atoms with E-state index in [-0.39, 0.29) is 12.6 Å². The van der Waals surface area contributed by atoms with Crippen molar-refractivity contribution >= 4 is 11.2 Å². The van der Waals surface area contributed by atoms with Crippen LogP contribution in [0.1, 0.15) is 38.6 Å². The molecule has 0 aliphatic heterocycles. The van der Waals surface area contributed by atoms with Gasteiger partial charge < -0.3 is 14.4 Å². The Hall–Kier alpha value is -1.69. The molecule has 2 aromatic rings. The number of nitrogens with zero attached hydrogens (tertiary/aromatic N) is 4. The van der Waals surface area contributed by atoms with Crippen LogP contribution in [0.2, 0.25) is 0 Å². The van der Waals surface area contributed by atoms with E-state index in [1.54, 1.807) is 13.4 Å². The number of imidazole rings is 1. The fourth-order valence-corrected chi connectivity index (χ4v) is 2.26. The van der Waals surface area contributed by atoms with Crippen LogP contribution in [-0.2, 0) is 0 Å². The van der Waals surface area contributed by atoms with Crippen molar-refractivity contribution < 1.29 is 9.84 Å². The molecule has 0 fully saturated rings. The Balaban J connectivity index is 2.36. The van der Waals surface area contributed by atoms with Crippen molar-refractivity contribution in [3.8, 4) is 5.88 Å². The van der Waals surface area contributed by atoms with Gasteiger partial charge in [0.2, 0.25) is 5.88 Å². The molecule has 0 amide bonds. The first kappa shape index (κ1) is 13.7. The van der Waals surface area contributed by atoms with Gasteiger partial charge in [-0.25, -0.2) is 9.97 Å². The Morgan fingerprint density at radius 3 is 2.84 bits per heavy atom. The lowest BCUT2D eigenvalue weighted by molar-refractivity contribution is 0.252. The highest BCUT2D eigenvalue weighted by molar-refractivity contribution is 5.75. The lowest BCUT2D eigenvalue weighted by Crippen LogP contribution is -2.10. The predicted octanol–water partition coefficient (Wildman–Crippen LogP) is 1.95. The topological polar surface area (TPSA) is 73.1 Å². The van der Waals surface area contributed by atoms with Crippen LogP contribution in [0.25, 0.3) is 11.2 Å². The van der Waals surface area contributed by atoms with Crippen molar-refractivity contribution in [2.45, 2.75) is 38.6 Å². The molecule has 0 saturated carbocycles. The first-order chi connectivity index (χ1) is 9.31. The first-order valence-corrected chi connectivity index (χ1v) is 6.64. The van der Waals surface area contributed by atoms with Gasteiger partial charge in [-0.1, -0.05) is 19.8 Å². The normalized spacial score (nSPS) is 12.8. The monoisotopic (exact) mass is 264 g/mol. The van der Waals surface area contributed by atoms with E-state index in [9.17, 15) is 5.11 Å². The second-order valence-corrected chi connectivity index (χ2v) is 4.52. The van der Waals surface area contributed by atoms with E-state index in [1.807, 2.05) is 4.57 Å². The van der Waals surface area contributed by atoms with Gasteiger partial charge in [-0.3, -0.25) is 0 Å². The summed E-state index contributed by atoms with van der Waals surface area (Å²) in [5.41, 5.74) is 1.44. The molecular formula is C13H20N4O2. The zero-order valence-corrected chi connectivity index (χ0v) is 11.4. The number of aromatic nitrogens is 4. The first-order valence-electron chi connectivity index (χ1n) is 6.64. The lowest BCUT2D eigenvalue weighted by Gasteiger charge is -2.17. The van der Waals surface area contributed by atoms with E-state index >= 15 is 0 Å². The highest BCUT2D eigenvalue weighted by Gasteiger charge is 2.16. The van der Waals surface area contributed by atoms with E-state index in [4.69, 9.17) is 4.74 Å². The van der Waals surface area contributed by atoms with Crippen LogP contribution < -0.4 is 4.74 Å². The summed E-state index contributed by atoms with van der Waals surface area (Å²) in [7, 11) is 1.57. The molecule has 0 saturated heterocycles. The van der Waals surface area contributed by atoms with Gasteiger partial charge in [-0.2, -0.15) is 4.98 Å². The summed E-state index contributed by atoms with van der Waals surface area (Å²) in [6, 6.07) is 0.217. The molecule has 1 unspecified atom stereocenters. The fraction of sp³-hybridized carbons (Fsp3) is 0.615. The van der Waals surface area contributed by atoms with E-state index in [2.05, 4.69) is 21.9 Å². The molecule has 104 valence electrons. The molecule has 6 heteroatoms. The number of ether oxygens (including phenoxy) is 1. The minimum absolute atomic E-state index is 0.163. The third-order valence-electron chi connectivity index (χ3n) is 3.27. The molecule has 0 aromatic carbocycles. The maximum absolute atomic E-state index is 9.22. The quantitative estimate of drug-likeness (QED) is 0.827. The maximum Gasteiger partial charge on any atom is 0.245 e. The Kier molecular flexibility index (Phi) is 4.68. The van der Waals surface area contributed by atoms with E-state index in [0.29, 0.717) is 17.8 Å². The molecule has 1 N–H and O–H groups in total. The van der Waals surface area contributed by atoms with Gasteiger partial charge in [-0.15, -0.1) is 0 Å². The molecule has 0 radical (unpaired) electrons. The lowest BCUT2D eigenvalue weighted by atomic mass is 10.1. The summed E-state index contributed by atoms with van der Waals surface area (Å²) in [6.45, 7) is 2.32. The number of unbranched alkanes of at least 4 members (excludes halogenated alkanes) is 1. The minimum Gasteiger partial charge on any atom is -0.479 e. The number of fused-ring (bicyclic) bond motifs is 1. The van der Waals surface area contributed by atoms with E-state index in [1.165, 1.54) is 6.33 Å². The molecule has 0 spiro atoms. The maximum atomic E-state index is 9.22. The van der Waals surface area contributed by atoms with Crippen LogP contribution in [0, 0.1) is 0 Å². The number of aliphatic hydroxyl groups excluding tert-OH is 1. The zero-order chi connectivity index (χ0) is 13.7. The van der Waals surface area contributed by atoms with Crippen molar-refractivity contribution in [1.82, 2.24) is 19.5 Å². The van der Waals surface area contributed by atoms with Crippen molar-refractivity contribution in [2.24, 2.45) is 0 Å². The Bertz CT molecular complexity index is 526. The van der Waals surface area contributed by atoms with Crippen molar-refractivity contribution in [3.63, 3.8) is 0 Å². The summed E-state index contributed by atoms with van der Waals surface area (Å²) in [6.07, 6.45) is 7.21. The van der Waals surface area contributed by atoms with Crippen LogP contribution in [0.15, 0.2) is 12.7 Å². The van der Waals surface area contributed by atoms with E-state index < -0.39 is 0 Å². The average molecular weight is 264 g/mol. The molecule has 0 aliphatic carbocycles. The molecule has 6 nitrogen and oxygen atoms in total. The van der Waals surface area contributed by atoms with Gasteiger partial charge in [0.05, 0.1) is 13.4 Å². The van der Waals surface area contributed by atoms with Crippen LogP contribution >= 0.6 is 0 Å². The molecule has 0 bridgehead atoms. The van der Waals surface area contributed by atoms with Crippen LogP contribution in [-0.4, -0.2) is 38.3 Å². The zero-order valence-electron chi connectivity index (χ0n) is 11.4. The van der Waals surface area contributed by atoms with Gasteiger partial charge in [0.1, 0.15) is 6.33 Å². The third-order valence-corrected chi connectivity index (χ3v) is 3.27. The summed E-state index contributed by atoms with van der Waals surface area (Å²) in [5, 5.41) is 9.22. The largest absolute Gasteiger partial charge is 0.479 e. The third kappa shape index (κ3) is 2.84. The number of hydrogen-bond donors (Lipinski definition) is 1. The molecule has 2 heterocycles. The predicted molar refractivity (Wildman–Crippen MR) is 72.1 cm³/mol. The van der Waals surface area contributed by atoms with Crippen molar-refractivity contribution in [2.75, 3.05) is 13.7 Å². The van der Waals surface area contributed by atoms with E-state index in [0.717, 1.165) is 24.9 Å². The number of aliphatic hydroxyl groups is 1. The van der Waals surface area contributed by atoms with Gasteiger partial charge in [-0.05, 0) is 12.8 Å². The summed E-state index contributed by atoms with van der Waals surface area (Å²) >= 11 is 0. The summed E-state index contributed by atoms with van der Waals surface area (Å²) in [5.74, 6) is 0.488. The van der Waals surface area contributed by atoms with Crippen LogP contribution in [0.5, 0.6) is 5.88 Å². The van der Waals surface area contributed by atoms with Gasteiger partial charge in [0.25, 0.3) is 0 Å². The molecule has 2 rings (SSSR count). The number of rotatable bonds is 7. The van der Waals surface area contributed by atoms with Crippen LogP contribution in [0.3, 0.4) is 0 Å². The number of hydrogen-bond acceptors (Lipinski definition) is 5. The molecule has 1 atom stereocenters. The van der Waals surface area contributed by atoms with Gasteiger partial charge >= 0.3 is 0 Å². The summed E-state index contributed by atoms with van der Waals surface area (Å²) in [4.78, 5) is 12.7. The Morgan fingerprint density at radius 1 is 1.32 bits per heavy atom. The average Bonchev–Trinajstić information content (AvgIpc) is 2.87. The molecular weight excluding hydrogens is 244 g/mol. The molecule has 2 aromatic heterocycles. The standard InChI is InChI=1S/C13H20N4O2/c1-3-4-5-10(6-7-18)17-9-16-11-12(17)14-8-15-13(11)19-2/h8-10,18H,3-7H2,1-2H3. The van der Waals surface area contributed by atoms with Crippen LogP contribution in [0.4, 0.5) is 0 Å². The Morgan fingerprint density at radius 2 is 2.16 bits per heavy atom. The highest BCUT2D eigenvalue weighted by atomic mass is 16.5. The minimum atomic E-state index is 0.163. The highest BCUT2D eigenvalue weighted by Crippen LogP contribution is 2.26. The Labute approximate surface area is 112 Å². The SMILES string of the molecule is CCCCC(CCO)n1cnc2c(OC)ncnc21.